The lowest BCUT2D eigenvalue weighted by atomic mass is 10.1. The Morgan fingerprint density at radius 1 is 1.00 bits per heavy atom. The molecule has 2 aromatic heterocycles. The van der Waals surface area contributed by atoms with Crippen LogP contribution >= 0.6 is 12.2 Å². The molecular formula is C26H28N6O2S. The molecule has 0 radical (unpaired) electrons. The summed E-state index contributed by atoms with van der Waals surface area (Å²) in [5.74, 6) is -0.370. The van der Waals surface area contributed by atoms with Crippen LogP contribution in [0.3, 0.4) is 0 Å². The zero-order valence-electron chi connectivity index (χ0n) is 20.2. The first-order valence-electron chi connectivity index (χ1n) is 11.2. The van der Waals surface area contributed by atoms with Gasteiger partial charge in [0.15, 0.2) is 5.11 Å². The molecule has 9 heteroatoms. The van der Waals surface area contributed by atoms with E-state index in [9.17, 15) is 4.79 Å². The Labute approximate surface area is 209 Å². The van der Waals surface area contributed by atoms with E-state index in [4.69, 9.17) is 22.1 Å². The number of thiocarbonyl (C=S) groups is 1. The number of rotatable bonds is 7. The van der Waals surface area contributed by atoms with Crippen LogP contribution in [-0.4, -0.2) is 37.8 Å². The maximum Gasteiger partial charge on any atom is 0.338 e. The summed E-state index contributed by atoms with van der Waals surface area (Å²) in [4.78, 5) is 12.0. The quantitative estimate of drug-likeness (QED) is 0.288. The van der Waals surface area contributed by atoms with Gasteiger partial charge in [0.2, 0.25) is 0 Å². The molecule has 0 fully saturated rings. The van der Waals surface area contributed by atoms with Gasteiger partial charge < -0.3 is 15.4 Å². The van der Waals surface area contributed by atoms with E-state index in [-0.39, 0.29) is 5.97 Å². The van der Waals surface area contributed by atoms with E-state index in [1.165, 1.54) is 18.2 Å². The van der Waals surface area contributed by atoms with Crippen molar-refractivity contribution in [2.45, 2.75) is 33.9 Å². The Morgan fingerprint density at radius 2 is 1.71 bits per heavy atom. The zero-order valence-corrected chi connectivity index (χ0v) is 21.0. The molecule has 2 N–H and O–H groups in total. The summed E-state index contributed by atoms with van der Waals surface area (Å²) < 4.78 is 8.60. The van der Waals surface area contributed by atoms with Crippen LogP contribution in [0, 0.1) is 20.8 Å². The molecule has 0 spiro atoms. The summed E-state index contributed by atoms with van der Waals surface area (Å²) in [5.41, 5.74) is 7.30. The Hall–Kier alpha value is -3.98. The molecule has 0 amide bonds. The molecule has 2 heterocycles. The van der Waals surface area contributed by atoms with Crippen LogP contribution < -0.4 is 10.6 Å². The maximum atomic E-state index is 12.0. The van der Waals surface area contributed by atoms with E-state index in [2.05, 4.69) is 34.8 Å². The Balaban J connectivity index is 1.42. The monoisotopic (exact) mass is 488 g/mol. The molecule has 0 aliphatic heterocycles. The molecule has 180 valence electrons. The van der Waals surface area contributed by atoms with Crippen molar-refractivity contribution >= 4 is 34.7 Å². The third-order valence-corrected chi connectivity index (χ3v) is 6.05. The average Bonchev–Trinajstić information content (AvgIpc) is 3.39. The minimum Gasteiger partial charge on any atom is -0.465 e. The minimum atomic E-state index is -0.370. The van der Waals surface area contributed by atoms with Crippen molar-refractivity contribution in [2.75, 3.05) is 17.7 Å². The van der Waals surface area contributed by atoms with Gasteiger partial charge in [0, 0.05) is 6.20 Å². The molecule has 0 saturated heterocycles. The van der Waals surface area contributed by atoms with Crippen LogP contribution in [0.1, 0.15) is 38.4 Å². The normalized spacial score (nSPS) is 10.7. The van der Waals surface area contributed by atoms with Gasteiger partial charge in [-0.3, -0.25) is 9.36 Å². The number of hydrogen-bond acceptors (Lipinski definition) is 5. The summed E-state index contributed by atoms with van der Waals surface area (Å²) in [5, 5.41) is 16.0. The van der Waals surface area contributed by atoms with Crippen LogP contribution in [0.25, 0.3) is 0 Å². The van der Waals surface area contributed by atoms with Crippen molar-refractivity contribution in [2.24, 2.45) is 0 Å². The van der Waals surface area contributed by atoms with Gasteiger partial charge in [0.25, 0.3) is 0 Å². The molecule has 0 unspecified atom stereocenters. The van der Waals surface area contributed by atoms with Crippen molar-refractivity contribution < 1.29 is 9.53 Å². The van der Waals surface area contributed by atoms with Gasteiger partial charge in [-0.2, -0.15) is 10.2 Å². The van der Waals surface area contributed by atoms with E-state index in [1.807, 2.05) is 55.1 Å². The zero-order chi connectivity index (χ0) is 24.9. The first kappa shape index (κ1) is 24.2. The first-order valence-corrected chi connectivity index (χ1v) is 11.6. The van der Waals surface area contributed by atoms with Crippen molar-refractivity contribution in [3.8, 4) is 0 Å². The fraction of sp³-hybridized carbons (Fsp3) is 0.231. The molecule has 35 heavy (non-hydrogen) atoms. The number of anilines is 2. The third kappa shape index (κ3) is 5.58. The number of carbonyl (C=O) groups is 1. The van der Waals surface area contributed by atoms with Crippen LogP contribution in [0.4, 0.5) is 11.4 Å². The van der Waals surface area contributed by atoms with Gasteiger partial charge in [-0.25, -0.2) is 4.79 Å². The van der Waals surface area contributed by atoms with Crippen molar-refractivity contribution in [3.63, 3.8) is 0 Å². The summed E-state index contributed by atoms with van der Waals surface area (Å²) >= 11 is 5.55. The SMILES string of the molecule is COC(=O)c1ccccc1Cn1cc(NC(=S)Nc2c(C)nn(Cc3ccccc3C)c2C)cn1. The lowest BCUT2D eigenvalue weighted by molar-refractivity contribution is 0.0599. The summed E-state index contributed by atoms with van der Waals surface area (Å²) in [6.07, 6.45) is 3.53. The largest absolute Gasteiger partial charge is 0.465 e. The molecule has 4 aromatic rings. The number of nitrogens with zero attached hydrogens (tertiary/aromatic N) is 4. The summed E-state index contributed by atoms with van der Waals surface area (Å²) in [6, 6.07) is 15.6. The van der Waals surface area contributed by atoms with Crippen LogP contribution in [0.15, 0.2) is 60.9 Å². The van der Waals surface area contributed by atoms with Crippen molar-refractivity contribution in [1.29, 1.82) is 0 Å². The predicted molar refractivity (Wildman–Crippen MR) is 141 cm³/mol. The summed E-state index contributed by atoms with van der Waals surface area (Å²) in [6.45, 7) is 7.22. The minimum absolute atomic E-state index is 0.370. The third-order valence-electron chi connectivity index (χ3n) is 5.85. The fourth-order valence-electron chi connectivity index (χ4n) is 3.91. The lowest BCUT2D eigenvalue weighted by Gasteiger charge is -2.11. The van der Waals surface area contributed by atoms with E-state index in [0.717, 1.165) is 28.3 Å². The molecule has 0 saturated carbocycles. The van der Waals surface area contributed by atoms with Crippen molar-refractivity contribution in [3.05, 3.63) is 94.6 Å². The lowest BCUT2D eigenvalue weighted by Crippen LogP contribution is -2.19. The van der Waals surface area contributed by atoms with E-state index in [1.54, 1.807) is 16.9 Å². The van der Waals surface area contributed by atoms with Gasteiger partial charge >= 0.3 is 5.97 Å². The van der Waals surface area contributed by atoms with Crippen LogP contribution in [0.2, 0.25) is 0 Å². The number of nitrogens with one attached hydrogen (secondary N) is 2. The first-order chi connectivity index (χ1) is 16.9. The number of esters is 1. The molecule has 0 bridgehead atoms. The molecule has 4 rings (SSSR count). The highest BCUT2D eigenvalue weighted by molar-refractivity contribution is 7.80. The van der Waals surface area contributed by atoms with E-state index < -0.39 is 0 Å². The van der Waals surface area contributed by atoms with Gasteiger partial charge in [-0.05, 0) is 55.7 Å². The second-order valence-corrected chi connectivity index (χ2v) is 8.69. The predicted octanol–water partition coefficient (Wildman–Crippen LogP) is 4.70. The fourth-order valence-corrected chi connectivity index (χ4v) is 4.13. The number of benzene rings is 2. The highest BCUT2D eigenvalue weighted by Crippen LogP contribution is 2.22. The number of methoxy groups -OCH3 is 1. The van der Waals surface area contributed by atoms with Crippen molar-refractivity contribution in [1.82, 2.24) is 19.6 Å². The summed E-state index contributed by atoms with van der Waals surface area (Å²) in [7, 11) is 1.37. The molecular weight excluding hydrogens is 460 g/mol. The smallest absolute Gasteiger partial charge is 0.338 e. The van der Waals surface area contributed by atoms with Gasteiger partial charge in [0.05, 0.1) is 54.7 Å². The second-order valence-electron chi connectivity index (χ2n) is 8.28. The maximum absolute atomic E-state index is 12.0. The van der Waals surface area contributed by atoms with Gasteiger partial charge in [-0.15, -0.1) is 0 Å². The highest BCUT2D eigenvalue weighted by atomic mass is 32.1. The van der Waals surface area contributed by atoms with E-state index >= 15 is 0 Å². The molecule has 2 aromatic carbocycles. The Bertz CT molecular complexity index is 1370. The number of aryl methyl sites for hydroxylation is 2. The number of aromatic nitrogens is 4. The number of hydrogen-bond donors (Lipinski definition) is 2. The van der Waals surface area contributed by atoms with Crippen LogP contribution in [-0.2, 0) is 17.8 Å². The highest BCUT2D eigenvalue weighted by Gasteiger charge is 2.15. The number of ether oxygens (including phenoxy) is 1. The van der Waals surface area contributed by atoms with E-state index in [0.29, 0.717) is 23.8 Å². The average molecular weight is 489 g/mol. The van der Waals surface area contributed by atoms with Gasteiger partial charge in [-0.1, -0.05) is 42.5 Å². The molecule has 8 nitrogen and oxygen atoms in total. The number of carbonyl (C=O) groups excluding carboxylic acids is 1. The standard InChI is InChI=1S/C26H28N6O2S/c1-17-9-5-6-10-20(17)15-32-19(3)24(18(2)30-32)29-26(35)28-22-13-27-31(16-22)14-21-11-7-8-12-23(21)25(33)34-4/h5-13,16H,14-15H2,1-4H3,(H2,28,29,35). The van der Waals surface area contributed by atoms with Crippen LogP contribution in [0.5, 0.6) is 0 Å². The molecule has 0 aliphatic carbocycles. The molecule has 0 aliphatic rings. The topological polar surface area (TPSA) is 86.0 Å². The molecule has 0 atom stereocenters. The van der Waals surface area contributed by atoms with Gasteiger partial charge in [0.1, 0.15) is 0 Å². The second kappa shape index (κ2) is 10.5. The Kier molecular flexibility index (Phi) is 7.26. The Morgan fingerprint density at radius 3 is 2.46 bits per heavy atom.